The fourth-order valence-electron chi connectivity index (χ4n) is 1.65. The summed E-state index contributed by atoms with van der Waals surface area (Å²) in [4.78, 5) is 0. The summed E-state index contributed by atoms with van der Waals surface area (Å²) >= 11 is 12.0. The summed E-state index contributed by atoms with van der Waals surface area (Å²) in [7, 11) is 0. The van der Waals surface area contributed by atoms with Crippen molar-refractivity contribution < 1.29 is 4.74 Å². The van der Waals surface area contributed by atoms with Crippen molar-refractivity contribution in [1.29, 1.82) is 0 Å². The number of rotatable bonds is 3. The molecule has 4 heteroatoms. The average molecular weight is 282 g/mol. The van der Waals surface area contributed by atoms with Gasteiger partial charge < -0.3 is 10.5 Å². The second-order valence-corrected chi connectivity index (χ2v) is 4.77. The van der Waals surface area contributed by atoms with Gasteiger partial charge in [-0.05, 0) is 36.8 Å². The van der Waals surface area contributed by atoms with Crippen molar-refractivity contribution in [2.45, 2.75) is 13.0 Å². The predicted octanol–water partition coefficient (Wildman–Crippen LogP) is 4.72. The third-order valence-electron chi connectivity index (χ3n) is 2.60. The lowest BCUT2D eigenvalue weighted by Crippen LogP contribution is -2.04. The molecule has 94 valence electrons. The summed E-state index contributed by atoms with van der Waals surface area (Å²) in [6.45, 7) is 1.94. The molecule has 0 aliphatic rings. The van der Waals surface area contributed by atoms with Gasteiger partial charge in [-0.2, -0.15) is 0 Å². The molecule has 0 bridgehead atoms. The van der Waals surface area contributed by atoms with E-state index in [-0.39, 0.29) is 6.10 Å². The summed E-state index contributed by atoms with van der Waals surface area (Å²) < 4.78 is 5.80. The van der Waals surface area contributed by atoms with Gasteiger partial charge in [0.1, 0.15) is 16.9 Å². The first kappa shape index (κ1) is 13.1. The molecule has 1 atom stereocenters. The van der Waals surface area contributed by atoms with Crippen LogP contribution in [-0.4, -0.2) is 0 Å². The first-order valence-electron chi connectivity index (χ1n) is 5.54. The maximum Gasteiger partial charge on any atom is 0.140 e. The van der Waals surface area contributed by atoms with Crippen LogP contribution in [0.5, 0.6) is 5.75 Å². The van der Waals surface area contributed by atoms with Gasteiger partial charge in [0.2, 0.25) is 0 Å². The standard InChI is InChI=1S/C14H13Cl2NO/c1-9(10-4-2-5-11(17)8-10)18-13-7-3-6-12(15)14(13)16/h2-9H,17H2,1H3. The number of hydrogen-bond donors (Lipinski definition) is 1. The normalized spacial score (nSPS) is 12.2. The maximum atomic E-state index is 6.07. The van der Waals surface area contributed by atoms with E-state index < -0.39 is 0 Å². The van der Waals surface area contributed by atoms with E-state index >= 15 is 0 Å². The zero-order valence-corrected chi connectivity index (χ0v) is 11.4. The highest BCUT2D eigenvalue weighted by molar-refractivity contribution is 6.42. The lowest BCUT2D eigenvalue weighted by molar-refractivity contribution is 0.227. The molecule has 2 nitrogen and oxygen atoms in total. The molecule has 0 spiro atoms. The minimum atomic E-state index is -0.149. The molecule has 0 heterocycles. The number of nitrogen functional groups attached to an aromatic ring is 1. The Morgan fingerprint density at radius 1 is 1.11 bits per heavy atom. The quantitative estimate of drug-likeness (QED) is 0.827. The van der Waals surface area contributed by atoms with E-state index in [1.54, 1.807) is 18.2 Å². The lowest BCUT2D eigenvalue weighted by atomic mass is 10.1. The maximum absolute atomic E-state index is 6.07. The average Bonchev–Trinajstić information content (AvgIpc) is 2.35. The van der Waals surface area contributed by atoms with Crippen molar-refractivity contribution in [2.75, 3.05) is 5.73 Å². The van der Waals surface area contributed by atoms with Gasteiger partial charge in [-0.3, -0.25) is 0 Å². The summed E-state index contributed by atoms with van der Waals surface area (Å²) in [5, 5.41) is 0.906. The fraction of sp³-hybridized carbons (Fsp3) is 0.143. The van der Waals surface area contributed by atoms with E-state index in [4.69, 9.17) is 33.7 Å². The molecule has 1 unspecified atom stereocenters. The molecule has 2 aromatic carbocycles. The largest absolute Gasteiger partial charge is 0.484 e. The first-order chi connectivity index (χ1) is 8.58. The highest BCUT2D eigenvalue weighted by atomic mass is 35.5. The van der Waals surface area contributed by atoms with E-state index in [0.717, 1.165) is 5.56 Å². The second kappa shape index (κ2) is 5.51. The fourth-order valence-corrected chi connectivity index (χ4v) is 1.98. The number of hydrogen-bond acceptors (Lipinski definition) is 2. The van der Waals surface area contributed by atoms with Crippen LogP contribution >= 0.6 is 23.2 Å². The van der Waals surface area contributed by atoms with E-state index in [9.17, 15) is 0 Å². The Morgan fingerprint density at radius 3 is 2.56 bits per heavy atom. The van der Waals surface area contributed by atoms with Crippen LogP contribution in [0, 0.1) is 0 Å². The third kappa shape index (κ3) is 2.89. The van der Waals surface area contributed by atoms with Crippen LogP contribution < -0.4 is 10.5 Å². The SMILES string of the molecule is CC(Oc1cccc(Cl)c1Cl)c1cccc(N)c1. The van der Waals surface area contributed by atoms with Gasteiger partial charge in [0.15, 0.2) is 0 Å². The molecule has 0 amide bonds. The van der Waals surface area contributed by atoms with Crippen LogP contribution in [0.25, 0.3) is 0 Å². The molecule has 2 rings (SSSR count). The van der Waals surface area contributed by atoms with Crippen LogP contribution in [0.1, 0.15) is 18.6 Å². The number of nitrogens with two attached hydrogens (primary N) is 1. The Kier molecular flexibility index (Phi) is 4.00. The Labute approximate surface area is 116 Å². The molecule has 0 aromatic heterocycles. The van der Waals surface area contributed by atoms with Crippen molar-refractivity contribution in [1.82, 2.24) is 0 Å². The van der Waals surface area contributed by atoms with E-state index in [2.05, 4.69) is 0 Å². The minimum absolute atomic E-state index is 0.149. The number of benzene rings is 2. The smallest absolute Gasteiger partial charge is 0.140 e. The Hall–Kier alpha value is -1.38. The van der Waals surface area contributed by atoms with Gasteiger partial charge in [0.05, 0.1) is 5.02 Å². The van der Waals surface area contributed by atoms with E-state index in [1.165, 1.54) is 0 Å². The Balaban J connectivity index is 2.21. The highest BCUT2D eigenvalue weighted by Gasteiger charge is 2.11. The van der Waals surface area contributed by atoms with Crippen LogP contribution in [0.2, 0.25) is 10.0 Å². The third-order valence-corrected chi connectivity index (χ3v) is 3.40. The summed E-state index contributed by atoms with van der Waals surface area (Å²) in [6.07, 6.45) is -0.149. The molecule has 0 fully saturated rings. The Morgan fingerprint density at radius 2 is 1.83 bits per heavy atom. The molecular weight excluding hydrogens is 269 g/mol. The van der Waals surface area contributed by atoms with Crippen molar-refractivity contribution in [2.24, 2.45) is 0 Å². The monoisotopic (exact) mass is 281 g/mol. The van der Waals surface area contributed by atoms with Gasteiger partial charge in [-0.15, -0.1) is 0 Å². The first-order valence-corrected chi connectivity index (χ1v) is 6.29. The molecular formula is C14H13Cl2NO. The van der Waals surface area contributed by atoms with Gasteiger partial charge in [-0.1, -0.05) is 41.4 Å². The summed E-state index contributed by atoms with van der Waals surface area (Å²) in [6, 6.07) is 12.9. The summed E-state index contributed by atoms with van der Waals surface area (Å²) in [5.74, 6) is 0.569. The zero-order valence-electron chi connectivity index (χ0n) is 9.86. The number of anilines is 1. The zero-order chi connectivity index (χ0) is 13.1. The van der Waals surface area contributed by atoms with Crippen LogP contribution in [0.3, 0.4) is 0 Å². The van der Waals surface area contributed by atoms with Gasteiger partial charge in [-0.25, -0.2) is 0 Å². The lowest BCUT2D eigenvalue weighted by Gasteiger charge is -2.16. The number of halogens is 2. The topological polar surface area (TPSA) is 35.2 Å². The Bertz CT molecular complexity index is 557. The molecule has 2 aromatic rings. The minimum Gasteiger partial charge on any atom is -0.484 e. The molecule has 0 aliphatic heterocycles. The summed E-state index contributed by atoms with van der Waals surface area (Å²) in [5.41, 5.74) is 7.44. The molecule has 18 heavy (non-hydrogen) atoms. The van der Waals surface area contributed by atoms with Crippen LogP contribution in [-0.2, 0) is 0 Å². The van der Waals surface area contributed by atoms with E-state index in [1.807, 2.05) is 31.2 Å². The molecule has 0 aliphatic carbocycles. The van der Waals surface area contributed by atoms with Crippen molar-refractivity contribution in [3.05, 3.63) is 58.1 Å². The number of ether oxygens (including phenoxy) is 1. The van der Waals surface area contributed by atoms with Gasteiger partial charge in [0.25, 0.3) is 0 Å². The predicted molar refractivity (Wildman–Crippen MR) is 76.4 cm³/mol. The van der Waals surface area contributed by atoms with Gasteiger partial charge in [0, 0.05) is 5.69 Å². The van der Waals surface area contributed by atoms with Crippen LogP contribution in [0.4, 0.5) is 5.69 Å². The molecule has 0 radical (unpaired) electrons. The molecule has 2 N–H and O–H groups in total. The van der Waals surface area contributed by atoms with Gasteiger partial charge >= 0.3 is 0 Å². The van der Waals surface area contributed by atoms with E-state index in [0.29, 0.717) is 21.5 Å². The molecule has 0 saturated carbocycles. The highest BCUT2D eigenvalue weighted by Crippen LogP contribution is 2.34. The molecule has 0 saturated heterocycles. The van der Waals surface area contributed by atoms with Crippen molar-refractivity contribution >= 4 is 28.9 Å². The van der Waals surface area contributed by atoms with Crippen LogP contribution in [0.15, 0.2) is 42.5 Å². The second-order valence-electron chi connectivity index (χ2n) is 3.98. The van der Waals surface area contributed by atoms with Crippen molar-refractivity contribution in [3.63, 3.8) is 0 Å². The van der Waals surface area contributed by atoms with Crippen molar-refractivity contribution in [3.8, 4) is 5.75 Å².